The maximum atomic E-state index is 11.9. The Balaban J connectivity index is 1.66. The van der Waals surface area contributed by atoms with Gasteiger partial charge < -0.3 is 14.8 Å². The molecule has 0 radical (unpaired) electrons. The lowest BCUT2D eigenvalue weighted by Gasteiger charge is -2.07. The fourth-order valence-electron chi connectivity index (χ4n) is 2.17. The number of amides is 1. The molecule has 0 fully saturated rings. The van der Waals surface area contributed by atoms with Crippen LogP contribution in [0.25, 0.3) is 6.08 Å². The van der Waals surface area contributed by atoms with E-state index in [0.29, 0.717) is 29.7 Å². The van der Waals surface area contributed by atoms with E-state index < -0.39 is 0 Å². The van der Waals surface area contributed by atoms with E-state index in [0.717, 1.165) is 17.7 Å². The van der Waals surface area contributed by atoms with Crippen LogP contribution in [0.5, 0.6) is 11.5 Å². The first-order valence-electron chi connectivity index (χ1n) is 7.35. The lowest BCUT2D eigenvalue weighted by Crippen LogP contribution is -2.07. The third kappa shape index (κ3) is 4.27. The smallest absolute Gasteiger partial charge is 0.248 e. The molecule has 1 aliphatic heterocycles. The van der Waals surface area contributed by atoms with Gasteiger partial charge in [-0.15, -0.1) is 0 Å². The highest BCUT2D eigenvalue weighted by atomic mass is 35.5. The maximum Gasteiger partial charge on any atom is 0.248 e. The Labute approximate surface area is 139 Å². The number of anilines is 1. The fraction of sp³-hybridized carbons (Fsp3) is 0.167. The van der Waals surface area contributed by atoms with Gasteiger partial charge in [0.05, 0.1) is 13.2 Å². The summed E-state index contributed by atoms with van der Waals surface area (Å²) in [5, 5.41) is 3.40. The van der Waals surface area contributed by atoms with Crippen molar-refractivity contribution in [2.45, 2.75) is 6.42 Å². The topological polar surface area (TPSA) is 47.6 Å². The van der Waals surface area contributed by atoms with E-state index in [1.165, 1.54) is 6.08 Å². The minimum atomic E-state index is -0.209. The molecule has 2 aromatic carbocycles. The highest BCUT2D eigenvalue weighted by Gasteiger charge is 2.09. The van der Waals surface area contributed by atoms with Gasteiger partial charge in [0, 0.05) is 23.2 Å². The summed E-state index contributed by atoms with van der Waals surface area (Å²) in [5.41, 5.74) is 1.57. The number of nitrogens with one attached hydrogen (secondary N) is 1. The van der Waals surface area contributed by atoms with Crippen LogP contribution in [0.1, 0.15) is 12.0 Å². The van der Waals surface area contributed by atoms with Crippen LogP contribution >= 0.6 is 11.6 Å². The average molecular weight is 330 g/mol. The number of benzene rings is 2. The van der Waals surface area contributed by atoms with Gasteiger partial charge in [-0.3, -0.25) is 4.79 Å². The first kappa shape index (κ1) is 15.4. The van der Waals surface area contributed by atoms with Gasteiger partial charge in [-0.2, -0.15) is 0 Å². The number of rotatable bonds is 3. The summed E-state index contributed by atoms with van der Waals surface area (Å²) in [4.78, 5) is 11.9. The lowest BCUT2D eigenvalue weighted by molar-refractivity contribution is -0.111. The Hall–Kier alpha value is -2.46. The molecule has 0 aromatic heterocycles. The summed E-state index contributed by atoms with van der Waals surface area (Å²) >= 11 is 5.81. The Bertz CT molecular complexity index is 726. The minimum Gasteiger partial charge on any atom is -0.490 e. The van der Waals surface area contributed by atoms with E-state index in [1.54, 1.807) is 30.3 Å². The van der Waals surface area contributed by atoms with Crippen molar-refractivity contribution in [1.29, 1.82) is 0 Å². The summed E-state index contributed by atoms with van der Waals surface area (Å²) in [6.45, 7) is 1.29. The van der Waals surface area contributed by atoms with Crippen LogP contribution in [0.4, 0.5) is 5.69 Å². The summed E-state index contributed by atoms with van der Waals surface area (Å²) in [6.07, 6.45) is 4.08. The van der Waals surface area contributed by atoms with Crippen LogP contribution in [0.15, 0.2) is 48.5 Å². The Kier molecular flexibility index (Phi) is 4.83. The molecule has 0 spiro atoms. The standard InChI is InChI=1S/C18H16ClNO3/c19-14-4-6-15(7-5-14)20-18(21)9-3-13-2-8-16-17(12-13)23-11-1-10-22-16/h2-9,12H,1,10-11H2,(H,20,21)/b9-3+. The third-order valence-electron chi connectivity index (χ3n) is 3.31. The molecule has 4 nitrogen and oxygen atoms in total. The van der Waals surface area contributed by atoms with Crippen LogP contribution in [-0.2, 0) is 4.79 Å². The van der Waals surface area contributed by atoms with Crippen molar-refractivity contribution in [3.8, 4) is 11.5 Å². The van der Waals surface area contributed by atoms with Crippen LogP contribution in [0.2, 0.25) is 5.02 Å². The van der Waals surface area contributed by atoms with Gasteiger partial charge in [0.2, 0.25) is 5.91 Å². The molecule has 1 heterocycles. The molecule has 0 saturated carbocycles. The second kappa shape index (κ2) is 7.20. The van der Waals surface area contributed by atoms with E-state index in [2.05, 4.69) is 5.32 Å². The van der Waals surface area contributed by atoms with E-state index >= 15 is 0 Å². The highest BCUT2D eigenvalue weighted by Crippen LogP contribution is 2.30. The number of carbonyl (C=O) groups is 1. The molecule has 5 heteroatoms. The number of halogens is 1. The van der Waals surface area contributed by atoms with Crippen molar-refractivity contribution in [3.05, 3.63) is 59.1 Å². The van der Waals surface area contributed by atoms with Crippen molar-refractivity contribution >= 4 is 29.3 Å². The molecule has 0 bridgehead atoms. The van der Waals surface area contributed by atoms with Gasteiger partial charge in [-0.25, -0.2) is 0 Å². The highest BCUT2D eigenvalue weighted by molar-refractivity contribution is 6.30. The summed E-state index contributed by atoms with van der Waals surface area (Å²) < 4.78 is 11.2. The molecule has 0 atom stereocenters. The van der Waals surface area contributed by atoms with Gasteiger partial charge in [0.15, 0.2) is 11.5 Å². The summed E-state index contributed by atoms with van der Waals surface area (Å²) in [6, 6.07) is 12.6. The van der Waals surface area contributed by atoms with E-state index in [-0.39, 0.29) is 5.91 Å². The average Bonchev–Trinajstić information content (AvgIpc) is 2.80. The number of fused-ring (bicyclic) bond motifs is 1. The Morgan fingerprint density at radius 1 is 1.04 bits per heavy atom. The molecule has 0 aliphatic carbocycles. The number of hydrogen-bond acceptors (Lipinski definition) is 3. The molecule has 23 heavy (non-hydrogen) atoms. The largest absolute Gasteiger partial charge is 0.490 e. The van der Waals surface area contributed by atoms with Crippen molar-refractivity contribution in [2.75, 3.05) is 18.5 Å². The molecular weight excluding hydrogens is 314 g/mol. The lowest BCUT2D eigenvalue weighted by atomic mass is 10.2. The van der Waals surface area contributed by atoms with E-state index in [9.17, 15) is 4.79 Å². The zero-order valence-electron chi connectivity index (χ0n) is 12.4. The number of ether oxygens (including phenoxy) is 2. The Morgan fingerprint density at radius 2 is 1.78 bits per heavy atom. The SMILES string of the molecule is O=C(/C=C/c1ccc2c(c1)OCCCO2)Nc1ccc(Cl)cc1. The first-order valence-corrected chi connectivity index (χ1v) is 7.73. The normalized spacial score (nSPS) is 13.6. The van der Waals surface area contributed by atoms with Crippen LogP contribution < -0.4 is 14.8 Å². The predicted octanol–water partition coefficient (Wildman–Crippen LogP) is 4.15. The molecule has 1 aliphatic rings. The van der Waals surface area contributed by atoms with Crippen molar-refractivity contribution in [3.63, 3.8) is 0 Å². The van der Waals surface area contributed by atoms with Gasteiger partial charge >= 0.3 is 0 Å². The number of hydrogen-bond donors (Lipinski definition) is 1. The summed E-state index contributed by atoms with van der Waals surface area (Å²) in [7, 11) is 0. The van der Waals surface area contributed by atoms with Crippen LogP contribution in [0.3, 0.4) is 0 Å². The molecular formula is C18H16ClNO3. The summed E-state index contributed by atoms with van der Waals surface area (Å²) in [5.74, 6) is 1.24. The first-order chi connectivity index (χ1) is 11.2. The maximum absolute atomic E-state index is 11.9. The second-order valence-electron chi connectivity index (χ2n) is 5.09. The third-order valence-corrected chi connectivity index (χ3v) is 3.56. The minimum absolute atomic E-state index is 0.209. The van der Waals surface area contributed by atoms with Gasteiger partial charge in [0.1, 0.15) is 0 Å². The van der Waals surface area contributed by atoms with Crippen molar-refractivity contribution in [1.82, 2.24) is 0 Å². The molecule has 1 amide bonds. The fourth-order valence-corrected chi connectivity index (χ4v) is 2.30. The zero-order valence-corrected chi connectivity index (χ0v) is 13.2. The molecule has 1 N–H and O–H groups in total. The molecule has 118 valence electrons. The Morgan fingerprint density at radius 3 is 2.57 bits per heavy atom. The number of carbonyl (C=O) groups excluding carboxylic acids is 1. The monoisotopic (exact) mass is 329 g/mol. The van der Waals surface area contributed by atoms with Crippen molar-refractivity contribution < 1.29 is 14.3 Å². The molecule has 3 rings (SSSR count). The molecule has 2 aromatic rings. The van der Waals surface area contributed by atoms with Crippen molar-refractivity contribution in [2.24, 2.45) is 0 Å². The van der Waals surface area contributed by atoms with Crippen LogP contribution in [-0.4, -0.2) is 19.1 Å². The predicted molar refractivity (Wildman–Crippen MR) is 91.2 cm³/mol. The van der Waals surface area contributed by atoms with E-state index in [1.807, 2.05) is 18.2 Å². The zero-order chi connectivity index (χ0) is 16.1. The second-order valence-corrected chi connectivity index (χ2v) is 5.52. The molecule has 0 saturated heterocycles. The van der Waals surface area contributed by atoms with Crippen LogP contribution in [0, 0.1) is 0 Å². The quantitative estimate of drug-likeness (QED) is 0.860. The van der Waals surface area contributed by atoms with E-state index in [4.69, 9.17) is 21.1 Å². The van der Waals surface area contributed by atoms with Gasteiger partial charge in [-0.1, -0.05) is 17.7 Å². The van der Waals surface area contributed by atoms with Gasteiger partial charge in [0.25, 0.3) is 0 Å². The van der Waals surface area contributed by atoms with Gasteiger partial charge in [-0.05, 0) is 48.0 Å². The molecule has 0 unspecified atom stereocenters.